The smallest absolute Gasteiger partial charge is 0.134 e. The van der Waals surface area contributed by atoms with Crippen molar-refractivity contribution < 1.29 is 9.84 Å². The largest absolute Gasteiger partial charge is 0.508 e. The molecular formula is C18H22O2. The molecule has 2 aromatic rings. The molecule has 106 valence electrons. The van der Waals surface area contributed by atoms with Crippen LogP contribution < -0.4 is 4.74 Å². The number of aromatic hydroxyl groups is 1. The molecule has 0 saturated carbocycles. The quantitative estimate of drug-likeness (QED) is 0.802. The second-order valence-electron chi connectivity index (χ2n) is 5.70. The van der Waals surface area contributed by atoms with Crippen LogP contribution in [0.25, 0.3) is 0 Å². The minimum atomic E-state index is 0.225. The highest BCUT2D eigenvalue weighted by Crippen LogP contribution is 2.33. The molecule has 1 N–H and O–H groups in total. The first-order valence-electron chi connectivity index (χ1n) is 7.08. The van der Waals surface area contributed by atoms with Crippen LogP contribution >= 0.6 is 0 Å². The molecule has 2 aromatic carbocycles. The van der Waals surface area contributed by atoms with Crippen molar-refractivity contribution in [3.05, 3.63) is 53.6 Å². The second-order valence-corrected chi connectivity index (χ2v) is 5.70. The van der Waals surface area contributed by atoms with Gasteiger partial charge >= 0.3 is 0 Å². The fourth-order valence-electron chi connectivity index (χ4n) is 2.14. The summed E-state index contributed by atoms with van der Waals surface area (Å²) in [5.41, 5.74) is 2.38. The van der Waals surface area contributed by atoms with E-state index in [9.17, 15) is 5.11 Å². The lowest BCUT2D eigenvalue weighted by Gasteiger charge is -2.14. The molecule has 0 spiro atoms. The Bertz CT molecular complexity index is 568. The van der Waals surface area contributed by atoms with Crippen molar-refractivity contribution in [3.8, 4) is 17.2 Å². The summed E-state index contributed by atoms with van der Waals surface area (Å²) >= 11 is 0. The van der Waals surface area contributed by atoms with Crippen LogP contribution in [0.2, 0.25) is 0 Å². The minimum Gasteiger partial charge on any atom is -0.508 e. The van der Waals surface area contributed by atoms with Crippen molar-refractivity contribution in [2.45, 2.75) is 39.5 Å². The molecule has 0 aliphatic rings. The first-order valence-corrected chi connectivity index (χ1v) is 7.08. The summed E-state index contributed by atoms with van der Waals surface area (Å²) in [5.74, 6) is 2.60. The molecular weight excluding hydrogens is 248 g/mol. The zero-order valence-corrected chi connectivity index (χ0v) is 12.6. The van der Waals surface area contributed by atoms with Crippen LogP contribution in [0.4, 0.5) is 0 Å². The Balaban J connectivity index is 2.27. The molecule has 0 bridgehead atoms. The lowest BCUT2D eigenvalue weighted by atomic mass is 10.0. The normalized spacial score (nSPS) is 11.1. The Hall–Kier alpha value is -1.96. The summed E-state index contributed by atoms with van der Waals surface area (Å²) in [5, 5.41) is 9.63. The van der Waals surface area contributed by atoms with Gasteiger partial charge in [0.25, 0.3) is 0 Å². The third-order valence-corrected chi connectivity index (χ3v) is 3.39. The summed E-state index contributed by atoms with van der Waals surface area (Å²) in [6.45, 7) is 8.56. The Morgan fingerprint density at radius 3 is 2.05 bits per heavy atom. The standard InChI is InChI=1S/C18H22O2/c1-12(2)14-5-8-16(9-6-14)20-18-11-15(19)7-10-17(18)13(3)4/h5-13,19H,1-4H3. The SMILES string of the molecule is CC(C)c1ccc(Oc2cc(O)ccc2C(C)C)cc1. The summed E-state index contributed by atoms with van der Waals surface area (Å²) in [6, 6.07) is 13.4. The maximum atomic E-state index is 9.63. The van der Waals surface area contributed by atoms with Crippen molar-refractivity contribution in [1.82, 2.24) is 0 Å². The van der Waals surface area contributed by atoms with Crippen LogP contribution in [0.15, 0.2) is 42.5 Å². The van der Waals surface area contributed by atoms with Crippen molar-refractivity contribution in [3.63, 3.8) is 0 Å². The van der Waals surface area contributed by atoms with Gasteiger partial charge in [0.15, 0.2) is 0 Å². The number of hydrogen-bond acceptors (Lipinski definition) is 2. The molecule has 0 unspecified atom stereocenters. The van der Waals surface area contributed by atoms with Gasteiger partial charge < -0.3 is 9.84 Å². The van der Waals surface area contributed by atoms with Gasteiger partial charge in [0.05, 0.1) is 0 Å². The Labute approximate surface area is 121 Å². The third kappa shape index (κ3) is 3.32. The Morgan fingerprint density at radius 2 is 1.50 bits per heavy atom. The lowest BCUT2D eigenvalue weighted by Crippen LogP contribution is -1.94. The van der Waals surface area contributed by atoms with Gasteiger partial charge in [0.2, 0.25) is 0 Å². The molecule has 0 saturated heterocycles. The predicted molar refractivity (Wildman–Crippen MR) is 82.8 cm³/mol. The van der Waals surface area contributed by atoms with Crippen LogP contribution in [0.1, 0.15) is 50.7 Å². The molecule has 0 aliphatic carbocycles. The third-order valence-electron chi connectivity index (χ3n) is 3.39. The van der Waals surface area contributed by atoms with Crippen LogP contribution in [0, 0.1) is 0 Å². The molecule has 2 heteroatoms. The van der Waals surface area contributed by atoms with Crippen LogP contribution in [-0.4, -0.2) is 5.11 Å². The molecule has 0 radical (unpaired) electrons. The highest BCUT2D eigenvalue weighted by atomic mass is 16.5. The van der Waals surface area contributed by atoms with Gasteiger partial charge in [-0.25, -0.2) is 0 Å². The van der Waals surface area contributed by atoms with E-state index < -0.39 is 0 Å². The Morgan fingerprint density at radius 1 is 0.850 bits per heavy atom. The van der Waals surface area contributed by atoms with E-state index >= 15 is 0 Å². The topological polar surface area (TPSA) is 29.5 Å². The van der Waals surface area contributed by atoms with Gasteiger partial charge in [-0.3, -0.25) is 0 Å². The lowest BCUT2D eigenvalue weighted by molar-refractivity contribution is 0.449. The molecule has 2 nitrogen and oxygen atoms in total. The molecule has 0 aromatic heterocycles. The van der Waals surface area contributed by atoms with Crippen molar-refractivity contribution in [1.29, 1.82) is 0 Å². The number of phenols is 1. The monoisotopic (exact) mass is 270 g/mol. The van der Waals surface area contributed by atoms with E-state index in [2.05, 4.69) is 39.8 Å². The average Bonchev–Trinajstić information content (AvgIpc) is 2.39. The fraction of sp³-hybridized carbons (Fsp3) is 0.333. The van der Waals surface area contributed by atoms with Gasteiger partial charge in [0, 0.05) is 6.07 Å². The molecule has 20 heavy (non-hydrogen) atoms. The molecule has 0 amide bonds. The molecule has 0 heterocycles. The molecule has 0 fully saturated rings. The van der Waals surface area contributed by atoms with E-state index in [1.165, 1.54) is 5.56 Å². The summed E-state index contributed by atoms with van der Waals surface area (Å²) in [4.78, 5) is 0. The van der Waals surface area contributed by atoms with E-state index in [1.54, 1.807) is 12.1 Å². The average molecular weight is 270 g/mol. The summed E-state index contributed by atoms with van der Waals surface area (Å²) in [6.07, 6.45) is 0. The van der Waals surface area contributed by atoms with Crippen molar-refractivity contribution in [2.75, 3.05) is 0 Å². The summed E-state index contributed by atoms with van der Waals surface area (Å²) in [7, 11) is 0. The maximum Gasteiger partial charge on any atom is 0.134 e. The van der Waals surface area contributed by atoms with Crippen LogP contribution in [-0.2, 0) is 0 Å². The number of benzene rings is 2. The zero-order valence-electron chi connectivity index (χ0n) is 12.6. The van der Waals surface area contributed by atoms with Gasteiger partial charge in [-0.2, -0.15) is 0 Å². The summed E-state index contributed by atoms with van der Waals surface area (Å²) < 4.78 is 5.93. The number of ether oxygens (including phenoxy) is 1. The van der Waals surface area contributed by atoms with Crippen LogP contribution in [0.5, 0.6) is 17.2 Å². The van der Waals surface area contributed by atoms with E-state index in [1.807, 2.05) is 18.2 Å². The highest BCUT2D eigenvalue weighted by molar-refractivity contribution is 5.44. The minimum absolute atomic E-state index is 0.225. The fourth-order valence-corrected chi connectivity index (χ4v) is 2.14. The number of rotatable bonds is 4. The second kappa shape index (κ2) is 6.00. The van der Waals surface area contributed by atoms with Gasteiger partial charge in [-0.15, -0.1) is 0 Å². The van der Waals surface area contributed by atoms with Gasteiger partial charge in [-0.1, -0.05) is 45.9 Å². The van der Waals surface area contributed by atoms with Crippen molar-refractivity contribution >= 4 is 0 Å². The van der Waals surface area contributed by atoms with E-state index in [0.29, 0.717) is 11.8 Å². The zero-order chi connectivity index (χ0) is 14.7. The molecule has 2 rings (SSSR count). The predicted octanol–water partition coefficient (Wildman–Crippen LogP) is 5.43. The van der Waals surface area contributed by atoms with E-state index in [4.69, 9.17) is 4.74 Å². The highest BCUT2D eigenvalue weighted by Gasteiger charge is 2.10. The number of hydrogen-bond donors (Lipinski definition) is 1. The van der Waals surface area contributed by atoms with E-state index in [0.717, 1.165) is 17.1 Å². The molecule has 0 atom stereocenters. The van der Waals surface area contributed by atoms with Crippen molar-refractivity contribution in [2.24, 2.45) is 0 Å². The first kappa shape index (κ1) is 14.4. The maximum absolute atomic E-state index is 9.63. The number of phenolic OH excluding ortho intramolecular Hbond substituents is 1. The first-order chi connectivity index (χ1) is 9.47. The Kier molecular flexibility index (Phi) is 4.33. The molecule has 0 aliphatic heterocycles. The van der Waals surface area contributed by atoms with E-state index in [-0.39, 0.29) is 5.75 Å². The van der Waals surface area contributed by atoms with Crippen LogP contribution in [0.3, 0.4) is 0 Å². The van der Waals surface area contributed by atoms with Gasteiger partial charge in [-0.05, 0) is 41.2 Å². The van der Waals surface area contributed by atoms with Gasteiger partial charge in [0.1, 0.15) is 17.2 Å².